The summed E-state index contributed by atoms with van der Waals surface area (Å²) in [6.45, 7) is 2.93. The molecule has 1 unspecified atom stereocenters. The Morgan fingerprint density at radius 1 is 1.19 bits per heavy atom. The predicted octanol–water partition coefficient (Wildman–Crippen LogP) is -0.154. The van der Waals surface area contributed by atoms with Crippen LogP contribution in [0.1, 0.15) is 12.8 Å². The first kappa shape index (κ1) is 14.3. The fourth-order valence-corrected chi connectivity index (χ4v) is 2.32. The average Bonchev–Trinajstić information content (AvgIpc) is 3.37. The molecule has 1 aliphatic heterocycles. The van der Waals surface area contributed by atoms with Gasteiger partial charge in [0.15, 0.2) is 0 Å². The third-order valence-electron chi connectivity index (χ3n) is 3.65. The van der Waals surface area contributed by atoms with Gasteiger partial charge in [0.25, 0.3) is 0 Å². The Bertz CT molecular complexity index is 461. The van der Waals surface area contributed by atoms with Gasteiger partial charge in [0.05, 0.1) is 33.5 Å². The Balaban J connectivity index is 1.77. The highest BCUT2D eigenvalue weighted by molar-refractivity contribution is 5.35. The van der Waals surface area contributed by atoms with E-state index in [4.69, 9.17) is 14.2 Å². The number of morpholine rings is 1. The zero-order chi connectivity index (χ0) is 14.7. The fraction of sp³-hybridized carbons (Fsp3) is 0.769. The lowest BCUT2D eigenvalue weighted by atomic mass is 10.2. The molecule has 1 N–H and O–H groups in total. The van der Waals surface area contributed by atoms with E-state index in [2.05, 4.69) is 25.2 Å². The molecule has 116 valence electrons. The summed E-state index contributed by atoms with van der Waals surface area (Å²) in [5.41, 5.74) is 0. The Morgan fingerprint density at radius 3 is 2.52 bits per heavy atom. The van der Waals surface area contributed by atoms with Crippen LogP contribution in [0.25, 0.3) is 0 Å². The second-order valence-corrected chi connectivity index (χ2v) is 5.21. The van der Waals surface area contributed by atoms with E-state index in [1.54, 1.807) is 0 Å². The molecule has 0 spiro atoms. The molecule has 0 amide bonds. The third-order valence-corrected chi connectivity index (χ3v) is 3.65. The van der Waals surface area contributed by atoms with Crippen molar-refractivity contribution >= 4 is 5.95 Å². The Morgan fingerprint density at radius 2 is 1.90 bits per heavy atom. The Hall–Kier alpha value is -1.67. The monoisotopic (exact) mass is 295 g/mol. The summed E-state index contributed by atoms with van der Waals surface area (Å²) in [7, 11) is 3.06. The molecule has 2 fully saturated rings. The van der Waals surface area contributed by atoms with Gasteiger partial charge in [-0.2, -0.15) is 9.97 Å². The summed E-state index contributed by atoms with van der Waals surface area (Å²) in [6, 6.07) is 1.39. The first-order chi connectivity index (χ1) is 10.3. The van der Waals surface area contributed by atoms with Crippen molar-refractivity contribution in [1.82, 2.24) is 20.3 Å². The number of rotatable bonds is 6. The molecular formula is C13H21N5O3. The van der Waals surface area contributed by atoms with Gasteiger partial charge < -0.3 is 24.4 Å². The van der Waals surface area contributed by atoms with Gasteiger partial charge in [-0.05, 0) is 12.8 Å². The van der Waals surface area contributed by atoms with Crippen LogP contribution < -0.4 is 19.7 Å². The SMILES string of the molecule is COc1nc(OC)nc(N2CCOCC2CNC2CC2)n1. The van der Waals surface area contributed by atoms with Crippen molar-refractivity contribution in [2.75, 3.05) is 45.4 Å². The topological polar surface area (TPSA) is 81.6 Å². The number of nitrogens with zero attached hydrogens (tertiary/aromatic N) is 4. The van der Waals surface area contributed by atoms with E-state index in [1.165, 1.54) is 27.1 Å². The van der Waals surface area contributed by atoms with E-state index >= 15 is 0 Å². The highest BCUT2D eigenvalue weighted by atomic mass is 16.5. The molecule has 0 aromatic carbocycles. The Kier molecular flexibility index (Phi) is 4.35. The van der Waals surface area contributed by atoms with Crippen LogP contribution in [0.15, 0.2) is 0 Å². The molecular weight excluding hydrogens is 274 g/mol. The fourth-order valence-electron chi connectivity index (χ4n) is 2.32. The number of anilines is 1. The van der Waals surface area contributed by atoms with Crippen molar-refractivity contribution < 1.29 is 14.2 Å². The second kappa shape index (κ2) is 6.40. The minimum Gasteiger partial charge on any atom is -0.467 e. The molecule has 1 aromatic rings. The first-order valence-corrected chi connectivity index (χ1v) is 7.22. The van der Waals surface area contributed by atoms with Crippen molar-refractivity contribution in [2.45, 2.75) is 24.9 Å². The van der Waals surface area contributed by atoms with Gasteiger partial charge in [-0.15, -0.1) is 4.98 Å². The molecule has 8 heteroatoms. The molecule has 2 heterocycles. The maximum absolute atomic E-state index is 5.58. The van der Waals surface area contributed by atoms with Crippen LogP contribution >= 0.6 is 0 Å². The van der Waals surface area contributed by atoms with E-state index < -0.39 is 0 Å². The van der Waals surface area contributed by atoms with Gasteiger partial charge in [0, 0.05) is 19.1 Å². The summed E-state index contributed by atoms with van der Waals surface area (Å²) >= 11 is 0. The minimum atomic E-state index is 0.205. The van der Waals surface area contributed by atoms with Gasteiger partial charge in [0.2, 0.25) is 5.95 Å². The average molecular weight is 295 g/mol. The van der Waals surface area contributed by atoms with E-state index in [1.807, 2.05) is 0 Å². The lowest BCUT2D eigenvalue weighted by molar-refractivity contribution is 0.0925. The van der Waals surface area contributed by atoms with Gasteiger partial charge in [-0.3, -0.25) is 0 Å². The van der Waals surface area contributed by atoms with Crippen LogP contribution in [0.5, 0.6) is 12.0 Å². The van der Waals surface area contributed by atoms with E-state index in [-0.39, 0.29) is 18.1 Å². The number of hydrogen-bond acceptors (Lipinski definition) is 8. The number of nitrogens with one attached hydrogen (secondary N) is 1. The van der Waals surface area contributed by atoms with Crippen LogP contribution in [0.3, 0.4) is 0 Å². The highest BCUT2D eigenvalue weighted by Crippen LogP contribution is 2.22. The zero-order valence-corrected chi connectivity index (χ0v) is 12.4. The summed E-state index contributed by atoms with van der Waals surface area (Å²) < 4.78 is 15.8. The van der Waals surface area contributed by atoms with Crippen LogP contribution in [-0.2, 0) is 4.74 Å². The zero-order valence-electron chi connectivity index (χ0n) is 12.4. The lowest BCUT2D eigenvalue weighted by Crippen LogP contribution is -2.51. The molecule has 3 rings (SSSR count). The van der Waals surface area contributed by atoms with E-state index in [0.29, 0.717) is 25.2 Å². The van der Waals surface area contributed by atoms with Crippen LogP contribution in [0.2, 0.25) is 0 Å². The molecule has 1 saturated heterocycles. The molecule has 0 radical (unpaired) electrons. The minimum absolute atomic E-state index is 0.205. The van der Waals surface area contributed by atoms with Crippen LogP contribution in [0, 0.1) is 0 Å². The number of aromatic nitrogens is 3. The number of hydrogen-bond donors (Lipinski definition) is 1. The van der Waals surface area contributed by atoms with Crippen molar-refractivity contribution in [3.63, 3.8) is 0 Å². The van der Waals surface area contributed by atoms with Gasteiger partial charge >= 0.3 is 12.0 Å². The van der Waals surface area contributed by atoms with Crippen molar-refractivity contribution in [2.24, 2.45) is 0 Å². The van der Waals surface area contributed by atoms with Gasteiger partial charge in [-0.25, -0.2) is 0 Å². The summed E-state index contributed by atoms with van der Waals surface area (Å²) in [5.74, 6) is 0.574. The quantitative estimate of drug-likeness (QED) is 0.776. The first-order valence-electron chi connectivity index (χ1n) is 7.22. The molecule has 21 heavy (non-hydrogen) atoms. The van der Waals surface area contributed by atoms with Crippen molar-refractivity contribution in [3.05, 3.63) is 0 Å². The standard InChI is InChI=1S/C13H21N5O3/c1-19-12-15-11(16-13(17-12)20-2)18-5-6-21-8-10(18)7-14-9-3-4-9/h9-10,14H,3-8H2,1-2H3. The highest BCUT2D eigenvalue weighted by Gasteiger charge is 2.29. The Labute approximate surface area is 123 Å². The van der Waals surface area contributed by atoms with Gasteiger partial charge in [-0.1, -0.05) is 0 Å². The molecule has 0 bridgehead atoms. The predicted molar refractivity (Wildman–Crippen MR) is 75.9 cm³/mol. The van der Waals surface area contributed by atoms with E-state index in [9.17, 15) is 0 Å². The number of ether oxygens (including phenoxy) is 3. The van der Waals surface area contributed by atoms with Crippen molar-refractivity contribution in [1.29, 1.82) is 0 Å². The number of methoxy groups -OCH3 is 2. The third kappa shape index (κ3) is 3.51. The summed E-state index contributed by atoms with van der Waals surface area (Å²) in [4.78, 5) is 14.8. The summed E-state index contributed by atoms with van der Waals surface area (Å²) in [6.07, 6.45) is 2.53. The molecule has 2 aliphatic rings. The van der Waals surface area contributed by atoms with Gasteiger partial charge in [0.1, 0.15) is 0 Å². The molecule has 1 aliphatic carbocycles. The molecule has 1 aromatic heterocycles. The molecule has 1 atom stereocenters. The smallest absolute Gasteiger partial charge is 0.324 e. The largest absolute Gasteiger partial charge is 0.467 e. The van der Waals surface area contributed by atoms with Crippen molar-refractivity contribution in [3.8, 4) is 12.0 Å². The van der Waals surface area contributed by atoms with Crippen LogP contribution in [0.4, 0.5) is 5.95 Å². The second-order valence-electron chi connectivity index (χ2n) is 5.21. The molecule has 1 saturated carbocycles. The molecule has 8 nitrogen and oxygen atoms in total. The lowest BCUT2D eigenvalue weighted by Gasteiger charge is -2.35. The van der Waals surface area contributed by atoms with E-state index in [0.717, 1.165) is 13.1 Å². The maximum atomic E-state index is 5.58. The van der Waals surface area contributed by atoms with Crippen LogP contribution in [-0.4, -0.2) is 67.6 Å². The normalized spacial score (nSPS) is 22.2. The summed E-state index contributed by atoms with van der Waals surface area (Å²) in [5, 5.41) is 3.53. The maximum Gasteiger partial charge on any atom is 0.324 e.